The maximum Gasteiger partial charge on any atom is 0.339 e. The Morgan fingerprint density at radius 1 is 1.41 bits per heavy atom. The quantitative estimate of drug-likeness (QED) is 0.924. The molecule has 2 aromatic rings. The third-order valence-corrected chi connectivity index (χ3v) is 3.93. The molecule has 88 valence electrons. The zero-order valence-corrected chi connectivity index (χ0v) is 11.6. The highest BCUT2D eigenvalue weighted by Gasteiger charge is 2.19. The summed E-state index contributed by atoms with van der Waals surface area (Å²) in [6.45, 7) is 3.60. The highest BCUT2D eigenvalue weighted by atomic mass is 79.9. The molecule has 0 aliphatic heterocycles. The Morgan fingerprint density at radius 3 is 2.71 bits per heavy atom. The van der Waals surface area contributed by atoms with Gasteiger partial charge in [-0.15, -0.1) is 0 Å². The summed E-state index contributed by atoms with van der Waals surface area (Å²) in [7, 11) is 0. The molecule has 0 unspecified atom stereocenters. The summed E-state index contributed by atoms with van der Waals surface area (Å²) in [5, 5.41) is 9.15. The van der Waals surface area contributed by atoms with Gasteiger partial charge in [0.15, 0.2) is 0 Å². The van der Waals surface area contributed by atoms with Gasteiger partial charge in [-0.05, 0) is 53.4 Å². The van der Waals surface area contributed by atoms with E-state index < -0.39 is 5.97 Å². The number of nitrogens with zero attached hydrogens (tertiary/aromatic N) is 2. The summed E-state index contributed by atoms with van der Waals surface area (Å²) in [5.41, 5.74) is 2.08. The number of hydrogen-bond donors (Lipinski definition) is 1. The summed E-state index contributed by atoms with van der Waals surface area (Å²) in [6.07, 6.45) is 0. The Kier molecular flexibility index (Phi) is 3.26. The Morgan fingerprint density at radius 2 is 2.12 bits per heavy atom. The maximum atomic E-state index is 11.2. The van der Waals surface area contributed by atoms with Crippen molar-refractivity contribution < 1.29 is 9.90 Å². The molecule has 0 fully saturated rings. The molecule has 2 aromatic heterocycles. The third-order valence-electron chi connectivity index (χ3n) is 2.34. The topological polar surface area (TPSA) is 63.1 Å². The van der Waals surface area contributed by atoms with E-state index in [1.165, 1.54) is 11.5 Å². The van der Waals surface area contributed by atoms with Crippen LogP contribution in [0.15, 0.2) is 16.6 Å². The van der Waals surface area contributed by atoms with Crippen molar-refractivity contribution in [3.63, 3.8) is 0 Å². The molecule has 0 spiro atoms. The normalized spacial score (nSPS) is 10.5. The van der Waals surface area contributed by atoms with Gasteiger partial charge in [0.1, 0.15) is 11.3 Å². The van der Waals surface area contributed by atoms with Crippen molar-refractivity contribution in [3.8, 4) is 11.4 Å². The van der Waals surface area contributed by atoms with Crippen LogP contribution in [0, 0.1) is 13.8 Å². The van der Waals surface area contributed by atoms with Crippen LogP contribution in [0.4, 0.5) is 0 Å². The lowest BCUT2D eigenvalue weighted by atomic mass is 10.1. The molecule has 0 aliphatic rings. The minimum atomic E-state index is -0.964. The molecule has 2 rings (SSSR count). The van der Waals surface area contributed by atoms with E-state index in [0.29, 0.717) is 16.3 Å². The lowest BCUT2D eigenvalue weighted by molar-refractivity contribution is 0.0697. The number of halogens is 1. The molecule has 0 atom stereocenters. The van der Waals surface area contributed by atoms with Crippen LogP contribution in [-0.2, 0) is 0 Å². The van der Waals surface area contributed by atoms with E-state index in [9.17, 15) is 4.79 Å². The summed E-state index contributed by atoms with van der Waals surface area (Å²) in [6, 6.07) is 3.61. The van der Waals surface area contributed by atoms with E-state index in [1.54, 1.807) is 13.0 Å². The number of carboxylic acids is 1. The predicted octanol–water partition coefficient (Wildman–Crippen LogP) is 3.28. The van der Waals surface area contributed by atoms with Crippen LogP contribution < -0.4 is 0 Å². The van der Waals surface area contributed by atoms with Gasteiger partial charge in [0.05, 0.1) is 11.4 Å². The number of hydrogen-bond acceptors (Lipinski definition) is 4. The summed E-state index contributed by atoms with van der Waals surface area (Å²) >= 11 is 4.54. The molecule has 0 saturated heterocycles. The first-order valence-electron chi connectivity index (χ1n) is 4.83. The van der Waals surface area contributed by atoms with Crippen LogP contribution in [0.3, 0.4) is 0 Å². The van der Waals surface area contributed by atoms with Crippen molar-refractivity contribution in [3.05, 3.63) is 32.7 Å². The Bertz CT molecular complexity index is 595. The van der Waals surface area contributed by atoms with Crippen LogP contribution in [0.25, 0.3) is 11.4 Å². The molecule has 2 heterocycles. The minimum absolute atomic E-state index is 0.240. The summed E-state index contributed by atoms with van der Waals surface area (Å²) in [5.74, 6) is -0.964. The molecule has 0 aliphatic carbocycles. The zero-order valence-electron chi connectivity index (χ0n) is 9.19. The van der Waals surface area contributed by atoms with Crippen LogP contribution in [0.5, 0.6) is 0 Å². The molecule has 0 aromatic carbocycles. The van der Waals surface area contributed by atoms with Gasteiger partial charge in [-0.1, -0.05) is 0 Å². The van der Waals surface area contributed by atoms with Gasteiger partial charge in [-0.2, -0.15) is 4.37 Å². The molecule has 0 amide bonds. The number of rotatable bonds is 2. The lowest BCUT2D eigenvalue weighted by Crippen LogP contribution is -2.00. The van der Waals surface area contributed by atoms with Crippen molar-refractivity contribution in [2.24, 2.45) is 0 Å². The third kappa shape index (κ3) is 2.23. The first-order chi connectivity index (χ1) is 8.00. The average Bonchev–Trinajstić information content (AvgIpc) is 2.64. The van der Waals surface area contributed by atoms with Crippen molar-refractivity contribution in [1.82, 2.24) is 9.36 Å². The predicted molar refractivity (Wildman–Crippen MR) is 69.5 cm³/mol. The summed E-state index contributed by atoms with van der Waals surface area (Å²) in [4.78, 5) is 16.2. The molecule has 0 saturated carbocycles. The number of aromatic nitrogens is 2. The lowest BCUT2D eigenvalue weighted by Gasteiger charge is -2.02. The fraction of sp³-hybridized carbons (Fsp3) is 0.182. The average molecular weight is 313 g/mol. The van der Waals surface area contributed by atoms with Crippen molar-refractivity contribution in [1.29, 1.82) is 0 Å². The van der Waals surface area contributed by atoms with Gasteiger partial charge in [-0.3, -0.25) is 4.98 Å². The van der Waals surface area contributed by atoms with Crippen LogP contribution in [0.2, 0.25) is 0 Å². The van der Waals surface area contributed by atoms with Gasteiger partial charge in [0.2, 0.25) is 0 Å². The van der Waals surface area contributed by atoms with Crippen molar-refractivity contribution >= 4 is 33.4 Å². The van der Waals surface area contributed by atoms with E-state index in [0.717, 1.165) is 10.2 Å². The van der Waals surface area contributed by atoms with Gasteiger partial charge < -0.3 is 5.11 Å². The van der Waals surface area contributed by atoms with Crippen molar-refractivity contribution in [2.75, 3.05) is 0 Å². The molecule has 17 heavy (non-hydrogen) atoms. The van der Waals surface area contributed by atoms with Crippen LogP contribution in [-0.4, -0.2) is 20.4 Å². The number of carboxylic acid groups (broad SMARTS) is 1. The highest BCUT2D eigenvalue weighted by molar-refractivity contribution is 9.10. The van der Waals surface area contributed by atoms with Crippen molar-refractivity contribution in [2.45, 2.75) is 13.8 Å². The van der Waals surface area contributed by atoms with E-state index in [4.69, 9.17) is 5.11 Å². The second-order valence-corrected chi connectivity index (χ2v) is 5.36. The SMILES string of the molecule is Cc1nc(-c2nsc(C)c2C(=O)O)ccc1Br. The second-order valence-electron chi connectivity index (χ2n) is 3.53. The van der Waals surface area contributed by atoms with Gasteiger partial charge >= 0.3 is 5.97 Å². The zero-order chi connectivity index (χ0) is 12.6. The van der Waals surface area contributed by atoms with E-state index in [-0.39, 0.29) is 5.56 Å². The Labute approximate surface area is 111 Å². The minimum Gasteiger partial charge on any atom is -0.478 e. The molecule has 0 bridgehead atoms. The molecule has 6 heteroatoms. The largest absolute Gasteiger partial charge is 0.478 e. The maximum absolute atomic E-state index is 11.2. The fourth-order valence-corrected chi connectivity index (χ4v) is 2.38. The van der Waals surface area contributed by atoms with Crippen LogP contribution >= 0.6 is 27.5 Å². The molecular weight excluding hydrogens is 304 g/mol. The first kappa shape index (κ1) is 12.2. The van der Waals surface area contributed by atoms with Crippen LogP contribution in [0.1, 0.15) is 20.9 Å². The van der Waals surface area contributed by atoms with Gasteiger partial charge in [0.25, 0.3) is 0 Å². The first-order valence-corrected chi connectivity index (χ1v) is 6.40. The highest BCUT2D eigenvalue weighted by Crippen LogP contribution is 2.28. The molecule has 0 radical (unpaired) electrons. The number of aromatic carboxylic acids is 1. The smallest absolute Gasteiger partial charge is 0.339 e. The number of aryl methyl sites for hydroxylation is 2. The standard InChI is InChI=1S/C11H9BrN2O2S/c1-5-7(12)3-4-8(13-5)10-9(11(15)16)6(2)17-14-10/h3-4H,1-2H3,(H,15,16). The number of pyridine rings is 1. The fourth-order valence-electron chi connectivity index (χ4n) is 1.47. The van der Waals surface area contributed by atoms with E-state index in [1.807, 2.05) is 13.0 Å². The number of carbonyl (C=O) groups is 1. The Balaban J connectivity index is 2.60. The molecule has 1 N–H and O–H groups in total. The van der Waals surface area contributed by atoms with E-state index >= 15 is 0 Å². The van der Waals surface area contributed by atoms with Gasteiger partial charge in [-0.25, -0.2) is 4.79 Å². The monoisotopic (exact) mass is 312 g/mol. The van der Waals surface area contributed by atoms with Gasteiger partial charge in [0, 0.05) is 9.35 Å². The molecule has 4 nitrogen and oxygen atoms in total. The molecular formula is C11H9BrN2O2S. The summed E-state index contributed by atoms with van der Waals surface area (Å²) < 4.78 is 5.05. The van der Waals surface area contributed by atoms with E-state index in [2.05, 4.69) is 25.3 Å². The second kappa shape index (κ2) is 4.54. The Hall–Kier alpha value is -1.27.